The summed E-state index contributed by atoms with van der Waals surface area (Å²) in [7, 11) is 1.68. The molecule has 0 radical (unpaired) electrons. The van der Waals surface area contributed by atoms with E-state index in [1.807, 2.05) is 36.4 Å². The summed E-state index contributed by atoms with van der Waals surface area (Å²) < 4.78 is 5.27. The van der Waals surface area contributed by atoms with Crippen LogP contribution in [0.4, 0.5) is 0 Å². The van der Waals surface area contributed by atoms with Gasteiger partial charge in [0, 0.05) is 10.9 Å². The van der Waals surface area contributed by atoms with Crippen LogP contribution >= 0.6 is 0 Å². The number of nitrogens with zero attached hydrogens (tertiary/aromatic N) is 1. The van der Waals surface area contributed by atoms with E-state index in [0.717, 1.165) is 22.5 Å². The lowest BCUT2D eigenvalue weighted by atomic mass is 10.1. The van der Waals surface area contributed by atoms with Crippen molar-refractivity contribution in [1.82, 2.24) is 4.98 Å². The van der Waals surface area contributed by atoms with Gasteiger partial charge in [-0.1, -0.05) is 30.3 Å². The molecule has 0 fully saturated rings. The zero-order valence-corrected chi connectivity index (χ0v) is 11.1. The van der Waals surface area contributed by atoms with Crippen molar-refractivity contribution >= 4 is 10.9 Å². The van der Waals surface area contributed by atoms with E-state index in [2.05, 4.69) is 25.1 Å². The second kappa shape index (κ2) is 4.73. The van der Waals surface area contributed by atoms with Gasteiger partial charge in [0.05, 0.1) is 18.3 Å². The summed E-state index contributed by atoms with van der Waals surface area (Å²) in [6.07, 6.45) is 0. The first-order valence-electron chi connectivity index (χ1n) is 6.29. The molecule has 0 unspecified atom stereocenters. The number of aryl methyl sites for hydroxylation is 1. The molecule has 3 rings (SSSR count). The predicted octanol–water partition coefficient (Wildman–Crippen LogP) is 4.22. The number of aromatic nitrogens is 1. The van der Waals surface area contributed by atoms with Gasteiger partial charge >= 0.3 is 0 Å². The normalized spacial score (nSPS) is 10.6. The third-order valence-electron chi connectivity index (χ3n) is 3.29. The third kappa shape index (κ3) is 2.17. The minimum Gasteiger partial charge on any atom is -0.497 e. The van der Waals surface area contributed by atoms with Gasteiger partial charge in [-0.25, -0.2) is 4.98 Å². The van der Waals surface area contributed by atoms with Gasteiger partial charge in [-0.05, 0) is 36.8 Å². The highest BCUT2D eigenvalue weighted by molar-refractivity contribution is 5.84. The molecule has 0 N–H and O–H groups in total. The molecule has 3 aromatic rings. The number of benzene rings is 2. The first-order valence-corrected chi connectivity index (χ1v) is 6.29. The fourth-order valence-corrected chi connectivity index (χ4v) is 2.28. The van der Waals surface area contributed by atoms with Gasteiger partial charge in [0.15, 0.2) is 0 Å². The van der Waals surface area contributed by atoms with E-state index in [0.29, 0.717) is 0 Å². The quantitative estimate of drug-likeness (QED) is 0.678. The standard InChI is InChI=1S/C17H15NO/c1-12-10-17(13-6-5-7-14(11-13)19-2)18-16-9-4-3-8-15(12)16/h3-11H,1-2H3. The van der Waals surface area contributed by atoms with E-state index in [1.165, 1.54) is 10.9 Å². The summed E-state index contributed by atoms with van der Waals surface area (Å²) in [6, 6.07) is 18.3. The Kier molecular flexibility index (Phi) is 2.92. The average molecular weight is 249 g/mol. The van der Waals surface area contributed by atoms with Gasteiger partial charge in [-0.2, -0.15) is 0 Å². The SMILES string of the molecule is COc1cccc(-c2cc(C)c3ccccc3n2)c1. The van der Waals surface area contributed by atoms with Crippen LogP contribution < -0.4 is 4.74 Å². The molecule has 94 valence electrons. The van der Waals surface area contributed by atoms with Gasteiger partial charge in [0.2, 0.25) is 0 Å². The first-order chi connectivity index (χ1) is 9.28. The maximum absolute atomic E-state index is 5.27. The highest BCUT2D eigenvalue weighted by atomic mass is 16.5. The average Bonchev–Trinajstić information content (AvgIpc) is 2.47. The Bertz CT molecular complexity index is 734. The van der Waals surface area contributed by atoms with Crippen LogP contribution in [0.15, 0.2) is 54.6 Å². The van der Waals surface area contributed by atoms with Crippen molar-refractivity contribution in [2.45, 2.75) is 6.92 Å². The van der Waals surface area contributed by atoms with Crippen molar-refractivity contribution in [3.05, 3.63) is 60.2 Å². The molecule has 1 aromatic heterocycles. The lowest BCUT2D eigenvalue weighted by Gasteiger charge is -2.08. The number of para-hydroxylation sites is 1. The molecule has 2 nitrogen and oxygen atoms in total. The molecule has 0 bridgehead atoms. The second-order valence-corrected chi connectivity index (χ2v) is 4.57. The number of hydrogen-bond donors (Lipinski definition) is 0. The minimum atomic E-state index is 0.852. The Morgan fingerprint density at radius 1 is 0.947 bits per heavy atom. The Labute approximate surface area is 112 Å². The highest BCUT2D eigenvalue weighted by Crippen LogP contribution is 2.26. The van der Waals surface area contributed by atoms with Crippen LogP contribution in [-0.4, -0.2) is 12.1 Å². The molecule has 0 saturated heterocycles. The van der Waals surface area contributed by atoms with E-state index in [4.69, 9.17) is 9.72 Å². The van der Waals surface area contributed by atoms with Crippen molar-refractivity contribution in [3.8, 4) is 17.0 Å². The van der Waals surface area contributed by atoms with Crippen LogP contribution in [0.1, 0.15) is 5.56 Å². The van der Waals surface area contributed by atoms with E-state index in [1.54, 1.807) is 7.11 Å². The molecule has 19 heavy (non-hydrogen) atoms. The minimum absolute atomic E-state index is 0.852. The molecular weight excluding hydrogens is 234 g/mol. The molecule has 2 aromatic carbocycles. The van der Waals surface area contributed by atoms with Crippen LogP contribution in [0, 0.1) is 6.92 Å². The smallest absolute Gasteiger partial charge is 0.119 e. The number of rotatable bonds is 2. The Hall–Kier alpha value is -2.35. The van der Waals surface area contributed by atoms with Crippen LogP contribution in [-0.2, 0) is 0 Å². The number of fused-ring (bicyclic) bond motifs is 1. The largest absolute Gasteiger partial charge is 0.497 e. The Balaban J connectivity index is 2.19. The summed E-state index contributed by atoms with van der Waals surface area (Å²) in [4.78, 5) is 4.73. The summed E-state index contributed by atoms with van der Waals surface area (Å²) in [5, 5.41) is 1.20. The fourth-order valence-electron chi connectivity index (χ4n) is 2.28. The van der Waals surface area contributed by atoms with Crippen molar-refractivity contribution in [2.24, 2.45) is 0 Å². The number of pyridine rings is 1. The molecule has 0 aliphatic rings. The Morgan fingerprint density at radius 3 is 2.63 bits per heavy atom. The van der Waals surface area contributed by atoms with Crippen molar-refractivity contribution in [1.29, 1.82) is 0 Å². The summed E-state index contributed by atoms with van der Waals surface area (Å²) in [5.41, 5.74) is 4.33. The highest BCUT2D eigenvalue weighted by Gasteiger charge is 2.05. The molecule has 0 spiro atoms. The zero-order valence-electron chi connectivity index (χ0n) is 11.1. The molecule has 2 heteroatoms. The molecule has 0 aliphatic carbocycles. The third-order valence-corrected chi connectivity index (χ3v) is 3.29. The molecule has 0 amide bonds. The van der Waals surface area contributed by atoms with Gasteiger partial charge < -0.3 is 4.74 Å². The van der Waals surface area contributed by atoms with E-state index in [9.17, 15) is 0 Å². The summed E-state index contributed by atoms with van der Waals surface area (Å²) in [6.45, 7) is 2.12. The predicted molar refractivity (Wildman–Crippen MR) is 78.5 cm³/mol. The number of methoxy groups -OCH3 is 1. The van der Waals surface area contributed by atoms with Crippen molar-refractivity contribution < 1.29 is 4.74 Å². The van der Waals surface area contributed by atoms with Gasteiger partial charge in [0.1, 0.15) is 5.75 Å². The first kappa shape index (κ1) is 11.7. The van der Waals surface area contributed by atoms with Crippen LogP contribution in [0.25, 0.3) is 22.2 Å². The molecule has 0 saturated carbocycles. The molecular formula is C17H15NO. The fraction of sp³-hybridized carbons (Fsp3) is 0.118. The van der Waals surface area contributed by atoms with E-state index in [-0.39, 0.29) is 0 Å². The topological polar surface area (TPSA) is 22.1 Å². The van der Waals surface area contributed by atoms with E-state index >= 15 is 0 Å². The molecule has 0 aliphatic heterocycles. The Morgan fingerprint density at radius 2 is 1.79 bits per heavy atom. The second-order valence-electron chi connectivity index (χ2n) is 4.57. The van der Waals surface area contributed by atoms with Gasteiger partial charge in [-0.15, -0.1) is 0 Å². The number of hydrogen-bond acceptors (Lipinski definition) is 2. The maximum atomic E-state index is 5.27. The number of ether oxygens (including phenoxy) is 1. The van der Waals surface area contributed by atoms with Gasteiger partial charge in [-0.3, -0.25) is 0 Å². The van der Waals surface area contributed by atoms with Crippen LogP contribution in [0.3, 0.4) is 0 Å². The lowest BCUT2D eigenvalue weighted by Crippen LogP contribution is -1.89. The van der Waals surface area contributed by atoms with E-state index < -0.39 is 0 Å². The zero-order chi connectivity index (χ0) is 13.2. The summed E-state index contributed by atoms with van der Waals surface area (Å²) >= 11 is 0. The maximum Gasteiger partial charge on any atom is 0.119 e. The summed E-state index contributed by atoms with van der Waals surface area (Å²) in [5.74, 6) is 0.852. The van der Waals surface area contributed by atoms with Crippen molar-refractivity contribution in [2.75, 3.05) is 7.11 Å². The molecule has 1 heterocycles. The monoisotopic (exact) mass is 249 g/mol. The molecule has 0 atom stereocenters. The van der Waals surface area contributed by atoms with Crippen molar-refractivity contribution in [3.63, 3.8) is 0 Å². The van der Waals surface area contributed by atoms with Gasteiger partial charge in [0.25, 0.3) is 0 Å². The van der Waals surface area contributed by atoms with Crippen LogP contribution in [0.5, 0.6) is 5.75 Å². The van der Waals surface area contributed by atoms with Crippen LogP contribution in [0.2, 0.25) is 0 Å². The lowest BCUT2D eigenvalue weighted by molar-refractivity contribution is 0.415.